The third kappa shape index (κ3) is 11.2. The molecule has 24 aromatic carbocycles. The van der Waals surface area contributed by atoms with Gasteiger partial charge in [-0.3, -0.25) is 0 Å². The Morgan fingerprint density at radius 3 is 0.854 bits per heavy atom. The number of rotatable bonds is 13. The highest BCUT2D eigenvalue weighted by Crippen LogP contribution is 2.71. The van der Waals surface area contributed by atoms with Crippen LogP contribution in [0.15, 0.2) is 485 Å². The van der Waals surface area contributed by atoms with Crippen molar-refractivity contribution in [3.63, 3.8) is 0 Å². The van der Waals surface area contributed by atoms with E-state index in [0.29, 0.717) is 5.92 Å². The largest absolute Gasteiger partial charge is 0.310 e. The van der Waals surface area contributed by atoms with Crippen LogP contribution in [0.1, 0.15) is 110 Å². The predicted molar refractivity (Wildman–Crippen MR) is 603 cm³/mol. The van der Waals surface area contributed by atoms with Gasteiger partial charge in [0.15, 0.2) is 0 Å². The van der Waals surface area contributed by atoms with Crippen LogP contribution in [0.4, 0.5) is 51.2 Å². The summed E-state index contributed by atoms with van der Waals surface area (Å²) in [6.45, 7) is 9.17. The van der Waals surface area contributed by atoms with Crippen LogP contribution < -0.4 is 14.7 Å². The maximum absolute atomic E-state index is 2.62. The minimum Gasteiger partial charge on any atom is -0.310 e. The van der Waals surface area contributed by atoms with Crippen LogP contribution in [0.25, 0.3) is 154 Å². The molecule has 0 bridgehead atoms. The first kappa shape index (κ1) is 82.2. The van der Waals surface area contributed by atoms with Crippen molar-refractivity contribution in [1.82, 2.24) is 0 Å². The lowest BCUT2D eigenvalue weighted by Crippen LogP contribution is -2.26. The number of hydrogen-bond donors (Lipinski definition) is 0. The van der Waals surface area contributed by atoms with Crippen molar-refractivity contribution in [2.45, 2.75) is 56.3 Å². The molecule has 0 heterocycles. The van der Waals surface area contributed by atoms with Crippen LogP contribution >= 0.6 is 0 Å². The van der Waals surface area contributed by atoms with Gasteiger partial charge in [-0.2, -0.15) is 0 Å². The van der Waals surface area contributed by atoms with E-state index in [1.165, 1.54) is 232 Å². The fourth-order valence-electron chi connectivity index (χ4n) is 27.6. The molecule has 3 nitrogen and oxygen atoms in total. The summed E-state index contributed by atoms with van der Waals surface area (Å²) in [6.07, 6.45) is 0.846. The van der Waals surface area contributed by atoms with Gasteiger partial charge in [-0.05, 0) is 343 Å². The molecule has 24 aromatic rings. The predicted octanol–water partition coefficient (Wildman–Crippen LogP) is 37.4. The Labute approximate surface area is 838 Å². The average molecular weight is 1830 g/mol. The average Bonchev–Trinajstić information content (AvgIpc) is 1.50. The Morgan fingerprint density at radius 2 is 0.479 bits per heavy atom. The zero-order valence-corrected chi connectivity index (χ0v) is 80.3. The van der Waals surface area contributed by atoms with Gasteiger partial charge in [-0.15, -0.1) is 0 Å². The number of aryl methyl sites for hydroxylation is 2. The first-order chi connectivity index (χ1) is 71.2. The molecule has 0 amide bonds. The summed E-state index contributed by atoms with van der Waals surface area (Å²) in [7, 11) is 0. The Kier molecular flexibility index (Phi) is 17.8. The molecule has 0 N–H and O–H groups in total. The molecule has 0 aliphatic heterocycles. The lowest BCUT2D eigenvalue weighted by atomic mass is 9.70. The lowest BCUT2D eigenvalue weighted by Gasteiger charge is -2.33. The van der Waals surface area contributed by atoms with Crippen LogP contribution in [0.2, 0.25) is 0 Å². The van der Waals surface area contributed by atoms with Crippen molar-refractivity contribution in [3.05, 3.63) is 569 Å². The van der Waals surface area contributed by atoms with E-state index in [1.54, 1.807) is 0 Å². The molecule has 0 radical (unpaired) electrons. The normalized spacial score (nSPS) is 13.7. The Hall–Kier alpha value is -17.8. The van der Waals surface area contributed by atoms with E-state index in [0.717, 1.165) is 63.2 Å². The maximum atomic E-state index is 2.62. The summed E-state index contributed by atoms with van der Waals surface area (Å²) >= 11 is 0. The number of nitrogens with zero attached hydrogens (tertiary/aromatic N) is 3. The van der Waals surface area contributed by atoms with Crippen molar-refractivity contribution in [1.29, 1.82) is 0 Å². The third-order valence-corrected chi connectivity index (χ3v) is 33.5. The molecule has 0 saturated heterocycles. The van der Waals surface area contributed by atoms with Gasteiger partial charge in [-0.25, -0.2) is 0 Å². The van der Waals surface area contributed by atoms with Crippen LogP contribution in [0, 0.1) is 6.92 Å². The van der Waals surface area contributed by atoms with Crippen LogP contribution in [-0.2, 0) is 22.7 Å². The minimum atomic E-state index is -0.704. The van der Waals surface area contributed by atoms with Crippen LogP contribution in [0.5, 0.6) is 0 Å². The zero-order valence-electron chi connectivity index (χ0n) is 80.3. The van der Waals surface area contributed by atoms with Gasteiger partial charge in [0.05, 0.1) is 33.3 Å². The highest BCUT2D eigenvalue weighted by molar-refractivity contribution is 6.22. The van der Waals surface area contributed by atoms with Gasteiger partial charge < -0.3 is 14.7 Å². The van der Waals surface area contributed by atoms with E-state index in [4.69, 9.17) is 0 Å². The van der Waals surface area contributed by atoms with E-state index in [1.807, 2.05) is 0 Å². The molecule has 0 atom stereocenters. The molecule has 674 valence electrons. The topological polar surface area (TPSA) is 9.72 Å². The summed E-state index contributed by atoms with van der Waals surface area (Å²) in [5.74, 6) is 0.401. The number of fused-ring (bicyclic) bond motifs is 42. The van der Waals surface area contributed by atoms with Gasteiger partial charge >= 0.3 is 0 Å². The number of anilines is 9. The quantitative estimate of drug-likeness (QED) is 0.114. The number of benzene rings is 24. The Morgan fingerprint density at radius 1 is 0.194 bits per heavy atom. The van der Waals surface area contributed by atoms with E-state index in [9.17, 15) is 0 Å². The highest BCUT2D eigenvalue weighted by atomic mass is 15.2. The second-order valence-electron chi connectivity index (χ2n) is 40.6. The van der Waals surface area contributed by atoms with Crippen LogP contribution in [0.3, 0.4) is 0 Å². The van der Waals surface area contributed by atoms with Crippen molar-refractivity contribution >= 4 is 116 Å². The fraction of sp³-hybridized carbons (Fsp3) is 0.0638. The third-order valence-electron chi connectivity index (χ3n) is 33.5. The molecule has 3 spiro atoms. The van der Waals surface area contributed by atoms with E-state index in [-0.39, 0.29) is 0 Å². The summed E-state index contributed by atoms with van der Waals surface area (Å²) < 4.78 is 0. The van der Waals surface area contributed by atoms with Crippen molar-refractivity contribution in [2.75, 3.05) is 14.7 Å². The molecule has 3 heteroatoms. The zero-order chi connectivity index (χ0) is 95.1. The number of para-hydroxylation sites is 3. The monoisotopic (exact) mass is 1830 g/mol. The maximum Gasteiger partial charge on any atom is 0.0726 e. The van der Waals surface area contributed by atoms with Crippen molar-refractivity contribution < 1.29 is 0 Å². The second-order valence-corrected chi connectivity index (χ2v) is 40.6. The summed E-state index contributed by atoms with van der Waals surface area (Å²) in [5, 5.41) is 14.6. The van der Waals surface area contributed by atoms with Gasteiger partial charge in [0.2, 0.25) is 0 Å². The van der Waals surface area contributed by atoms with Crippen LogP contribution in [-0.4, -0.2) is 0 Å². The standard InChI is InChI=1S/C141H95N3/c1-5-88-62-73-100(82-117(88)94-66-75-103-92(80-94)69-78-126-135(103)137-113-52-20-17-49-110(113)130(142(95-36-9-6-10-37-95)98-71-63-89(64-72-98)86(2)3)83-127(137)140(126)120-57-31-25-45-106(120)107-46-26-32-58-121(107)140)144(97-40-13-8-14-41-97)132-85-129-138(115-54-22-19-51-112(115)132)134-102-74-65-93(79-91(102)68-77-125(134)141(129)122-59-33-27-47-108(122)109-48-28-34-60-123(109)141)116-81-99(70-61-87(116)4)143(96-38-11-7-12-39-96)131-84-128-136(114-53-21-18-50-111(114)131)133-101-42-16-15-35-90(101)67-76-124(133)139(128)118-55-29-23-43-104(118)105-44-24-30-56-119(105)139/h6-86H,5H2,1-4H3. The molecule has 30 rings (SSSR count). The molecular weight excluding hydrogens is 1740 g/mol. The number of hydrogen-bond acceptors (Lipinski definition) is 3. The van der Waals surface area contributed by atoms with Gasteiger partial charge in [0, 0.05) is 50.3 Å². The molecule has 6 aliphatic carbocycles. The second kappa shape index (κ2) is 31.1. The van der Waals surface area contributed by atoms with E-state index < -0.39 is 16.2 Å². The first-order valence-corrected chi connectivity index (χ1v) is 51.0. The molecule has 0 unspecified atom stereocenters. The van der Waals surface area contributed by atoms with Crippen molar-refractivity contribution in [2.24, 2.45) is 0 Å². The van der Waals surface area contributed by atoms with E-state index >= 15 is 0 Å². The first-order valence-electron chi connectivity index (χ1n) is 51.0. The minimum absolute atomic E-state index is 0.401. The van der Waals surface area contributed by atoms with Gasteiger partial charge in [-0.1, -0.05) is 403 Å². The molecule has 0 saturated carbocycles. The molecule has 0 fully saturated rings. The van der Waals surface area contributed by atoms with Gasteiger partial charge in [0.1, 0.15) is 0 Å². The van der Waals surface area contributed by atoms with Gasteiger partial charge in [0.25, 0.3) is 0 Å². The smallest absolute Gasteiger partial charge is 0.0726 e. The highest BCUT2D eigenvalue weighted by Gasteiger charge is 2.57. The molecule has 0 aromatic heterocycles. The lowest BCUT2D eigenvalue weighted by molar-refractivity contribution is 0.795. The summed E-state index contributed by atoms with van der Waals surface area (Å²) in [6, 6.07) is 187. The molecule has 144 heavy (non-hydrogen) atoms. The molecule has 6 aliphatic rings. The Bertz CT molecular complexity index is 9500. The van der Waals surface area contributed by atoms with Crippen molar-refractivity contribution in [3.8, 4) is 89.0 Å². The SMILES string of the molecule is CCc1ccc(N(c2ccccc2)c2cc3c(c4ccccc24)-c2c(ccc4cc(-c5cc(N(c6ccccc6)c6cc7c(c8ccccc68)-c6c(ccc8ccccc68)C76c7ccccc7-c7ccccc76)ccc5C)ccc24)C32c3ccccc3-c3ccccc32)cc1-c1ccc2c3c(ccc2c1)C1(c2ccccc2-c2ccccc21)c1cc(N(c2ccccc2)c2ccc(C(C)C)cc2)c2ccccc2c1-3. The van der Waals surface area contributed by atoms with E-state index in [2.05, 4.69) is 528 Å². The fourth-order valence-corrected chi connectivity index (χ4v) is 27.6. The summed E-state index contributed by atoms with van der Waals surface area (Å²) in [4.78, 5) is 7.63. The Balaban J connectivity index is 0.584. The molecular formula is C141H95N3. The summed E-state index contributed by atoms with van der Waals surface area (Å²) in [5.41, 5.74) is 47.8.